The molecule has 0 amide bonds. The van der Waals surface area contributed by atoms with Gasteiger partial charge in [0.15, 0.2) is 17.9 Å². The third-order valence-electron chi connectivity index (χ3n) is 5.71. The van der Waals surface area contributed by atoms with Crippen LogP contribution in [-0.4, -0.2) is 13.2 Å². The van der Waals surface area contributed by atoms with Gasteiger partial charge in [-0.15, -0.1) is 0 Å². The van der Waals surface area contributed by atoms with E-state index < -0.39 is 17.9 Å². The van der Waals surface area contributed by atoms with Crippen molar-refractivity contribution in [3.05, 3.63) is 35.4 Å². The van der Waals surface area contributed by atoms with Gasteiger partial charge < -0.3 is 9.47 Å². The molecule has 0 bridgehead atoms. The number of halogens is 2. The van der Waals surface area contributed by atoms with E-state index in [0.29, 0.717) is 24.7 Å². The van der Waals surface area contributed by atoms with E-state index in [0.717, 1.165) is 30.4 Å². The number of hydrogen-bond donors (Lipinski definition) is 0. The van der Waals surface area contributed by atoms with E-state index in [2.05, 4.69) is 6.92 Å². The minimum Gasteiger partial charge on any atom is -0.348 e. The van der Waals surface area contributed by atoms with E-state index in [1.54, 1.807) is 0 Å². The van der Waals surface area contributed by atoms with Crippen LogP contribution in [0.1, 0.15) is 63.7 Å². The fraction of sp³-hybridized carbons (Fsp3) is 0.700. The standard InChI is InChI=1S/C20H28F2O2/c1-2-14-3-5-15(6-4-14)7-8-16-12-23-20(24-13-16)17-9-10-18(21)19(22)11-17/h9-11,14-16,20H,2-8,12-13H2,1H3. The van der Waals surface area contributed by atoms with Gasteiger partial charge in [-0.05, 0) is 30.4 Å². The monoisotopic (exact) mass is 338 g/mol. The van der Waals surface area contributed by atoms with Crippen molar-refractivity contribution in [1.82, 2.24) is 0 Å². The van der Waals surface area contributed by atoms with Crippen molar-refractivity contribution in [3.63, 3.8) is 0 Å². The summed E-state index contributed by atoms with van der Waals surface area (Å²) in [6.45, 7) is 3.56. The molecule has 1 saturated carbocycles. The van der Waals surface area contributed by atoms with Crippen LogP contribution in [0.15, 0.2) is 18.2 Å². The lowest BCUT2D eigenvalue weighted by Crippen LogP contribution is -2.28. The Morgan fingerprint density at radius 3 is 2.12 bits per heavy atom. The van der Waals surface area contributed by atoms with Gasteiger partial charge >= 0.3 is 0 Å². The lowest BCUT2D eigenvalue weighted by molar-refractivity contribution is -0.206. The summed E-state index contributed by atoms with van der Waals surface area (Å²) < 4.78 is 37.8. The highest BCUT2D eigenvalue weighted by Crippen LogP contribution is 2.35. The Labute approximate surface area is 143 Å². The zero-order chi connectivity index (χ0) is 16.9. The second-order valence-electron chi connectivity index (χ2n) is 7.41. The molecule has 24 heavy (non-hydrogen) atoms. The first kappa shape index (κ1) is 17.8. The van der Waals surface area contributed by atoms with Crippen LogP contribution < -0.4 is 0 Å². The van der Waals surface area contributed by atoms with Gasteiger partial charge in [0, 0.05) is 11.5 Å². The Hall–Kier alpha value is -1.00. The molecule has 0 N–H and O–H groups in total. The highest BCUT2D eigenvalue weighted by Gasteiger charge is 2.26. The minimum absolute atomic E-state index is 0.412. The molecule has 134 valence electrons. The molecular weight excluding hydrogens is 310 g/mol. The summed E-state index contributed by atoms with van der Waals surface area (Å²) in [5.74, 6) is 0.515. The molecule has 1 saturated heterocycles. The van der Waals surface area contributed by atoms with Gasteiger partial charge in [-0.3, -0.25) is 0 Å². The summed E-state index contributed by atoms with van der Waals surface area (Å²) in [5, 5.41) is 0. The number of ether oxygens (including phenoxy) is 2. The minimum atomic E-state index is -0.857. The first-order valence-electron chi connectivity index (χ1n) is 9.33. The van der Waals surface area contributed by atoms with Crippen LogP contribution >= 0.6 is 0 Å². The lowest BCUT2D eigenvalue weighted by atomic mass is 9.78. The van der Waals surface area contributed by atoms with Crippen molar-refractivity contribution in [2.24, 2.45) is 17.8 Å². The fourth-order valence-corrected chi connectivity index (χ4v) is 3.96. The largest absolute Gasteiger partial charge is 0.348 e. The molecule has 0 radical (unpaired) electrons. The molecule has 0 unspecified atom stereocenters. The molecule has 1 aliphatic heterocycles. The molecule has 1 heterocycles. The van der Waals surface area contributed by atoms with Gasteiger partial charge in [0.2, 0.25) is 0 Å². The molecule has 2 fully saturated rings. The van der Waals surface area contributed by atoms with Crippen LogP contribution in [0, 0.1) is 29.4 Å². The highest BCUT2D eigenvalue weighted by atomic mass is 19.2. The molecule has 0 atom stereocenters. The topological polar surface area (TPSA) is 18.5 Å². The molecule has 3 rings (SSSR count). The normalized spacial score (nSPS) is 31.1. The van der Waals surface area contributed by atoms with Crippen LogP contribution in [0.2, 0.25) is 0 Å². The zero-order valence-corrected chi connectivity index (χ0v) is 14.5. The van der Waals surface area contributed by atoms with Crippen molar-refractivity contribution in [2.45, 2.75) is 58.2 Å². The number of hydrogen-bond acceptors (Lipinski definition) is 2. The number of rotatable bonds is 5. The molecule has 0 spiro atoms. The molecule has 4 heteroatoms. The maximum atomic E-state index is 13.3. The summed E-state index contributed by atoms with van der Waals surface area (Å²) >= 11 is 0. The van der Waals surface area contributed by atoms with Crippen molar-refractivity contribution in [2.75, 3.05) is 13.2 Å². The van der Waals surface area contributed by atoms with Crippen molar-refractivity contribution >= 4 is 0 Å². The first-order chi connectivity index (χ1) is 11.7. The Bertz CT molecular complexity index is 518. The quantitative estimate of drug-likeness (QED) is 0.693. The summed E-state index contributed by atoms with van der Waals surface area (Å²) in [4.78, 5) is 0. The summed E-state index contributed by atoms with van der Waals surface area (Å²) in [6, 6.07) is 3.80. The molecule has 0 aromatic heterocycles. The predicted molar refractivity (Wildman–Crippen MR) is 89.5 cm³/mol. The maximum absolute atomic E-state index is 13.3. The Morgan fingerprint density at radius 2 is 1.50 bits per heavy atom. The molecule has 1 aromatic carbocycles. The smallest absolute Gasteiger partial charge is 0.183 e. The van der Waals surface area contributed by atoms with Gasteiger partial charge in [-0.1, -0.05) is 51.5 Å². The fourth-order valence-electron chi connectivity index (χ4n) is 3.96. The van der Waals surface area contributed by atoms with E-state index in [9.17, 15) is 8.78 Å². The van der Waals surface area contributed by atoms with Crippen LogP contribution in [0.5, 0.6) is 0 Å². The van der Waals surface area contributed by atoms with E-state index in [1.165, 1.54) is 44.6 Å². The van der Waals surface area contributed by atoms with Gasteiger partial charge in [0.05, 0.1) is 13.2 Å². The van der Waals surface area contributed by atoms with Crippen molar-refractivity contribution in [1.29, 1.82) is 0 Å². The van der Waals surface area contributed by atoms with Crippen LogP contribution in [0.3, 0.4) is 0 Å². The average Bonchev–Trinajstić information content (AvgIpc) is 2.63. The Morgan fingerprint density at radius 1 is 0.875 bits per heavy atom. The van der Waals surface area contributed by atoms with E-state index >= 15 is 0 Å². The van der Waals surface area contributed by atoms with Crippen LogP contribution in [-0.2, 0) is 9.47 Å². The maximum Gasteiger partial charge on any atom is 0.183 e. The Balaban J connectivity index is 1.40. The van der Waals surface area contributed by atoms with E-state index in [1.807, 2.05) is 0 Å². The zero-order valence-electron chi connectivity index (χ0n) is 14.5. The van der Waals surface area contributed by atoms with E-state index in [-0.39, 0.29) is 0 Å². The van der Waals surface area contributed by atoms with Crippen LogP contribution in [0.4, 0.5) is 8.78 Å². The summed E-state index contributed by atoms with van der Waals surface area (Å²) in [7, 11) is 0. The molecule has 2 aliphatic rings. The summed E-state index contributed by atoms with van der Waals surface area (Å²) in [6.07, 6.45) is 8.64. The van der Waals surface area contributed by atoms with Crippen LogP contribution in [0.25, 0.3) is 0 Å². The molecule has 1 aliphatic carbocycles. The highest BCUT2D eigenvalue weighted by molar-refractivity contribution is 5.19. The average molecular weight is 338 g/mol. The Kier molecular flexibility index (Phi) is 6.23. The number of benzene rings is 1. The third kappa shape index (κ3) is 4.54. The molecule has 1 aromatic rings. The summed E-state index contributed by atoms with van der Waals surface area (Å²) in [5.41, 5.74) is 0.547. The second-order valence-corrected chi connectivity index (χ2v) is 7.41. The van der Waals surface area contributed by atoms with Crippen molar-refractivity contribution in [3.8, 4) is 0 Å². The van der Waals surface area contributed by atoms with Gasteiger partial charge in [-0.25, -0.2) is 8.78 Å². The molecule has 2 nitrogen and oxygen atoms in total. The van der Waals surface area contributed by atoms with Gasteiger partial charge in [-0.2, -0.15) is 0 Å². The van der Waals surface area contributed by atoms with Gasteiger partial charge in [0.1, 0.15) is 0 Å². The lowest BCUT2D eigenvalue weighted by Gasteiger charge is -2.32. The van der Waals surface area contributed by atoms with Gasteiger partial charge in [0.25, 0.3) is 0 Å². The van der Waals surface area contributed by atoms with E-state index in [4.69, 9.17) is 9.47 Å². The third-order valence-corrected chi connectivity index (χ3v) is 5.71. The first-order valence-corrected chi connectivity index (χ1v) is 9.33. The predicted octanol–water partition coefficient (Wildman–Crippen LogP) is 5.62. The molecular formula is C20H28F2O2. The SMILES string of the molecule is CCC1CCC(CCC2COC(c3ccc(F)c(F)c3)OC2)CC1. The second kappa shape index (κ2) is 8.39. The van der Waals surface area contributed by atoms with Crippen molar-refractivity contribution < 1.29 is 18.3 Å².